The van der Waals surface area contributed by atoms with Crippen molar-refractivity contribution < 1.29 is 9.90 Å². The van der Waals surface area contributed by atoms with Crippen LogP contribution in [-0.2, 0) is 17.6 Å². The molecule has 0 aromatic heterocycles. The molecule has 4 heteroatoms. The van der Waals surface area contributed by atoms with Crippen LogP contribution in [0.25, 0.3) is 0 Å². The highest BCUT2D eigenvalue weighted by Gasteiger charge is 2.16. The molecule has 0 aliphatic carbocycles. The fraction of sp³-hybridized carbons (Fsp3) is 0.500. The zero-order valence-corrected chi connectivity index (χ0v) is 10.5. The van der Waals surface area contributed by atoms with Crippen LogP contribution in [0.3, 0.4) is 0 Å². The molecule has 2 rings (SSSR count). The van der Waals surface area contributed by atoms with Crippen LogP contribution in [0.1, 0.15) is 24.0 Å². The normalized spacial score (nSPS) is 13.5. The molecule has 1 aliphatic heterocycles. The minimum Gasteiger partial charge on any atom is -0.396 e. The standard InChI is InChI=1S/C14H20N2O2/c17-8-2-1-6-15-7-5-11-3-4-13-12(9-11)10-14(18)16-13/h3-4,9,15,17H,1-2,5-8,10H2,(H,16,18). The number of rotatable bonds is 7. The third-order valence-electron chi connectivity index (χ3n) is 3.15. The van der Waals surface area contributed by atoms with E-state index in [1.54, 1.807) is 0 Å². The second kappa shape index (κ2) is 6.52. The number of anilines is 1. The number of aliphatic hydroxyl groups is 1. The molecule has 0 unspecified atom stereocenters. The molecule has 0 atom stereocenters. The minimum atomic E-state index is 0.0873. The summed E-state index contributed by atoms with van der Waals surface area (Å²) in [4.78, 5) is 11.2. The fourth-order valence-electron chi connectivity index (χ4n) is 2.16. The van der Waals surface area contributed by atoms with Crippen molar-refractivity contribution in [3.8, 4) is 0 Å². The summed E-state index contributed by atoms with van der Waals surface area (Å²) in [6.45, 7) is 2.16. The van der Waals surface area contributed by atoms with E-state index in [1.807, 2.05) is 6.07 Å². The maximum Gasteiger partial charge on any atom is 0.228 e. The molecule has 0 radical (unpaired) electrons. The Kier molecular flexibility index (Phi) is 4.73. The summed E-state index contributed by atoms with van der Waals surface area (Å²) in [7, 11) is 0. The Bertz CT molecular complexity index is 418. The lowest BCUT2D eigenvalue weighted by molar-refractivity contribution is -0.115. The molecule has 0 bridgehead atoms. The van der Waals surface area contributed by atoms with Crippen molar-refractivity contribution in [2.75, 3.05) is 25.0 Å². The molecule has 1 aliphatic rings. The predicted molar refractivity (Wildman–Crippen MR) is 71.7 cm³/mol. The second-order valence-corrected chi connectivity index (χ2v) is 4.65. The van der Waals surface area contributed by atoms with Gasteiger partial charge in [-0.1, -0.05) is 12.1 Å². The van der Waals surface area contributed by atoms with Gasteiger partial charge < -0.3 is 15.7 Å². The maximum absolute atomic E-state index is 11.2. The first-order valence-electron chi connectivity index (χ1n) is 6.53. The topological polar surface area (TPSA) is 61.4 Å². The molecule has 1 aromatic carbocycles. The Balaban J connectivity index is 1.74. The van der Waals surface area contributed by atoms with Crippen molar-refractivity contribution in [1.29, 1.82) is 0 Å². The van der Waals surface area contributed by atoms with Crippen molar-refractivity contribution in [1.82, 2.24) is 5.32 Å². The third kappa shape index (κ3) is 3.55. The van der Waals surface area contributed by atoms with Crippen molar-refractivity contribution in [2.24, 2.45) is 0 Å². The molecular weight excluding hydrogens is 228 g/mol. The molecule has 0 saturated heterocycles. The van der Waals surface area contributed by atoms with Crippen LogP contribution in [0, 0.1) is 0 Å². The van der Waals surface area contributed by atoms with E-state index in [-0.39, 0.29) is 12.5 Å². The first-order chi connectivity index (χ1) is 8.79. The summed E-state index contributed by atoms with van der Waals surface area (Å²) in [5, 5.41) is 14.8. The third-order valence-corrected chi connectivity index (χ3v) is 3.15. The van der Waals surface area contributed by atoms with E-state index in [1.165, 1.54) is 5.56 Å². The molecule has 0 spiro atoms. The molecule has 3 N–H and O–H groups in total. The molecule has 18 heavy (non-hydrogen) atoms. The van der Waals surface area contributed by atoms with E-state index in [0.29, 0.717) is 6.42 Å². The SMILES string of the molecule is O=C1Cc2cc(CCNCCCCO)ccc2N1. The van der Waals surface area contributed by atoms with Crippen LogP contribution in [0.4, 0.5) is 5.69 Å². The second-order valence-electron chi connectivity index (χ2n) is 4.65. The lowest BCUT2D eigenvalue weighted by Gasteiger charge is -2.06. The van der Waals surface area contributed by atoms with E-state index in [0.717, 1.165) is 43.6 Å². The largest absolute Gasteiger partial charge is 0.396 e. The van der Waals surface area contributed by atoms with E-state index in [2.05, 4.69) is 22.8 Å². The van der Waals surface area contributed by atoms with E-state index in [9.17, 15) is 4.79 Å². The van der Waals surface area contributed by atoms with Crippen molar-refractivity contribution in [2.45, 2.75) is 25.7 Å². The van der Waals surface area contributed by atoms with Crippen LogP contribution in [0.15, 0.2) is 18.2 Å². The maximum atomic E-state index is 11.2. The molecule has 4 nitrogen and oxygen atoms in total. The summed E-state index contributed by atoms with van der Waals surface area (Å²) in [5.41, 5.74) is 3.33. The zero-order chi connectivity index (χ0) is 12.8. The Labute approximate surface area is 107 Å². The fourth-order valence-corrected chi connectivity index (χ4v) is 2.16. The summed E-state index contributed by atoms with van der Waals surface area (Å²) in [6.07, 6.45) is 3.35. The van der Waals surface area contributed by atoms with Crippen LogP contribution >= 0.6 is 0 Å². The van der Waals surface area contributed by atoms with E-state index >= 15 is 0 Å². The van der Waals surface area contributed by atoms with Gasteiger partial charge in [-0.05, 0) is 49.5 Å². The van der Waals surface area contributed by atoms with Gasteiger partial charge in [-0.3, -0.25) is 4.79 Å². The quantitative estimate of drug-likeness (QED) is 0.633. The van der Waals surface area contributed by atoms with Gasteiger partial charge in [0.25, 0.3) is 0 Å². The van der Waals surface area contributed by atoms with Crippen LogP contribution < -0.4 is 10.6 Å². The monoisotopic (exact) mass is 248 g/mol. The van der Waals surface area contributed by atoms with Gasteiger partial charge >= 0.3 is 0 Å². The molecule has 1 heterocycles. The summed E-state index contributed by atoms with van der Waals surface area (Å²) in [6, 6.07) is 6.17. The van der Waals surface area contributed by atoms with Crippen LogP contribution in [0.2, 0.25) is 0 Å². The molecule has 0 fully saturated rings. The number of unbranched alkanes of at least 4 members (excludes halogenated alkanes) is 1. The average molecular weight is 248 g/mol. The predicted octanol–water partition coefficient (Wildman–Crippen LogP) is 1.09. The van der Waals surface area contributed by atoms with Gasteiger partial charge in [0.05, 0.1) is 6.42 Å². The van der Waals surface area contributed by atoms with Crippen molar-refractivity contribution in [3.63, 3.8) is 0 Å². The van der Waals surface area contributed by atoms with Crippen LogP contribution in [-0.4, -0.2) is 30.7 Å². The molecule has 1 amide bonds. The number of hydrogen-bond donors (Lipinski definition) is 3. The highest BCUT2D eigenvalue weighted by Crippen LogP contribution is 2.23. The molecule has 98 valence electrons. The first kappa shape index (κ1) is 13.1. The molecular formula is C14H20N2O2. The molecule has 0 saturated carbocycles. The number of carbonyl (C=O) groups excluding carboxylic acids is 1. The van der Waals surface area contributed by atoms with Gasteiger partial charge in [0.2, 0.25) is 5.91 Å². The number of benzene rings is 1. The lowest BCUT2D eigenvalue weighted by atomic mass is 10.1. The summed E-state index contributed by atoms with van der Waals surface area (Å²) < 4.78 is 0. The van der Waals surface area contributed by atoms with Crippen LogP contribution in [0.5, 0.6) is 0 Å². The highest BCUT2D eigenvalue weighted by molar-refractivity contribution is 5.99. The summed E-state index contributed by atoms with van der Waals surface area (Å²) >= 11 is 0. The first-order valence-corrected chi connectivity index (χ1v) is 6.53. The number of amides is 1. The number of aliphatic hydroxyl groups excluding tert-OH is 1. The lowest BCUT2D eigenvalue weighted by Crippen LogP contribution is -2.18. The summed E-state index contributed by atoms with van der Waals surface area (Å²) in [5.74, 6) is 0.0873. The number of hydrogen-bond acceptors (Lipinski definition) is 3. The average Bonchev–Trinajstić information content (AvgIpc) is 2.73. The van der Waals surface area contributed by atoms with Gasteiger partial charge in [0, 0.05) is 12.3 Å². The Morgan fingerprint density at radius 1 is 1.28 bits per heavy atom. The van der Waals surface area contributed by atoms with Crippen molar-refractivity contribution >= 4 is 11.6 Å². The van der Waals surface area contributed by atoms with Gasteiger partial charge in [-0.2, -0.15) is 0 Å². The van der Waals surface area contributed by atoms with Gasteiger partial charge in [-0.25, -0.2) is 0 Å². The Hall–Kier alpha value is -1.39. The zero-order valence-electron chi connectivity index (χ0n) is 10.5. The highest BCUT2D eigenvalue weighted by atomic mass is 16.2. The Morgan fingerprint density at radius 2 is 2.17 bits per heavy atom. The molecule has 1 aromatic rings. The van der Waals surface area contributed by atoms with Gasteiger partial charge in [0.15, 0.2) is 0 Å². The number of nitrogens with one attached hydrogen (secondary N) is 2. The van der Waals surface area contributed by atoms with Gasteiger partial charge in [0.1, 0.15) is 0 Å². The minimum absolute atomic E-state index is 0.0873. The smallest absolute Gasteiger partial charge is 0.228 e. The van der Waals surface area contributed by atoms with Crippen molar-refractivity contribution in [3.05, 3.63) is 29.3 Å². The number of carbonyl (C=O) groups is 1. The number of fused-ring (bicyclic) bond motifs is 1. The van der Waals surface area contributed by atoms with E-state index in [4.69, 9.17) is 5.11 Å². The van der Waals surface area contributed by atoms with Gasteiger partial charge in [-0.15, -0.1) is 0 Å². The van der Waals surface area contributed by atoms with E-state index < -0.39 is 0 Å². The Morgan fingerprint density at radius 3 is 3.00 bits per heavy atom.